The number of halogens is 1. The van der Waals surface area contributed by atoms with E-state index in [1.165, 1.54) is 11.8 Å². The molecule has 4 nitrogen and oxygen atoms in total. The van der Waals surface area contributed by atoms with Crippen LogP contribution in [0.15, 0.2) is 39.3 Å². The van der Waals surface area contributed by atoms with E-state index in [1.807, 2.05) is 6.92 Å². The van der Waals surface area contributed by atoms with Crippen molar-refractivity contribution in [2.75, 3.05) is 5.73 Å². The highest BCUT2D eigenvalue weighted by Gasteiger charge is 2.09. The molecule has 0 radical (unpaired) electrons. The van der Waals surface area contributed by atoms with Gasteiger partial charge in [-0.2, -0.15) is 0 Å². The minimum Gasteiger partial charge on any atom is -0.397 e. The number of nitrogen functional groups attached to an aromatic ring is 1. The number of nitrogens with zero attached hydrogens (tertiary/aromatic N) is 3. The lowest BCUT2D eigenvalue weighted by Gasteiger charge is -2.06. The number of hydrogen-bond acceptors (Lipinski definition) is 5. The van der Waals surface area contributed by atoms with Gasteiger partial charge in [0, 0.05) is 12.4 Å². The summed E-state index contributed by atoms with van der Waals surface area (Å²) in [5, 5.41) is 1.48. The number of aromatic nitrogens is 3. The Balaban J connectivity index is 2.33. The van der Waals surface area contributed by atoms with E-state index in [-0.39, 0.29) is 0 Å². The van der Waals surface area contributed by atoms with E-state index in [4.69, 9.17) is 5.73 Å². The van der Waals surface area contributed by atoms with Crippen LogP contribution in [0.25, 0.3) is 0 Å². The van der Waals surface area contributed by atoms with Gasteiger partial charge >= 0.3 is 0 Å². The van der Waals surface area contributed by atoms with E-state index in [0.717, 1.165) is 15.1 Å². The Bertz CT molecular complexity index is 504. The van der Waals surface area contributed by atoms with Crippen molar-refractivity contribution in [3.8, 4) is 0 Å². The van der Waals surface area contributed by atoms with Crippen molar-refractivity contribution in [1.29, 1.82) is 0 Å². The highest BCUT2D eigenvalue weighted by molar-refractivity contribution is 9.10. The molecule has 0 aliphatic heterocycles. The van der Waals surface area contributed by atoms with Crippen molar-refractivity contribution in [3.63, 3.8) is 0 Å². The fourth-order valence-corrected chi connectivity index (χ4v) is 2.39. The second-order valence-corrected chi connectivity index (χ2v) is 4.84. The first kappa shape index (κ1) is 11.3. The molecular formula is C10H9BrN4S. The molecule has 2 N–H and O–H groups in total. The molecule has 2 aromatic heterocycles. The van der Waals surface area contributed by atoms with E-state index < -0.39 is 0 Å². The van der Waals surface area contributed by atoms with Gasteiger partial charge in [-0.05, 0) is 46.2 Å². The first-order valence-corrected chi connectivity index (χ1v) is 6.15. The van der Waals surface area contributed by atoms with Gasteiger partial charge in [0.25, 0.3) is 0 Å². The Kier molecular flexibility index (Phi) is 3.40. The van der Waals surface area contributed by atoms with Crippen LogP contribution < -0.4 is 5.73 Å². The largest absolute Gasteiger partial charge is 0.397 e. The Hall–Kier alpha value is -1.14. The maximum absolute atomic E-state index is 5.75. The van der Waals surface area contributed by atoms with Crippen molar-refractivity contribution in [3.05, 3.63) is 34.7 Å². The zero-order valence-electron chi connectivity index (χ0n) is 8.51. The van der Waals surface area contributed by atoms with Gasteiger partial charge in [0.15, 0.2) is 5.16 Å². The third-order valence-electron chi connectivity index (χ3n) is 2.00. The summed E-state index contributed by atoms with van der Waals surface area (Å²) < 4.78 is 0.893. The van der Waals surface area contributed by atoms with E-state index in [0.29, 0.717) is 10.8 Å². The molecule has 0 aliphatic rings. The highest BCUT2D eigenvalue weighted by Crippen LogP contribution is 2.33. The monoisotopic (exact) mass is 296 g/mol. The van der Waals surface area contributed by atoms with Gasteiger partial charge in [0.05, 0.1) is 16.4 Å². The van der Waals surface area contributed by atoms with Crippen LogP contribution in [0.2, 0.25) is 0 Å². The standard InChI is InChI=1S/C10H9BrN4S/c1-6-7(12)5-15-9(8(6)11)16-10-13-3-2-4-14-10/h2-5H,12H2,1H3. The molecule has 0 atom stereocenters. The molecular weight excluding hydrogens is 288 g/mol. The Morgan fingerprint density at radius 1 is 1.25 bits per heavy atom. The van der Waals surface area contributed by atoms with Gasteiger partial charge in [-0.1, -0.05) is 0 Å². The normalized spacial score (nSPS) is 10.4. The molecule has 0 saturated carbocycles. The lowest BCUT2D eigenvalue weighted by Crippen LogP contribution is -1.95. The first-order chi connectivity index (χ1) is 7.68. The first-order valence-electron chi connectivity index (χ1n) is 4.54. The molecule has 0 amide bonds. The average molecular weight is 297 g/mol. The number of hydrogen-bond donors (Lipinski definition) is 1. The second kappa shape index (κ2) is 4.80. The second-order valence-electron chi connectivity index (χ2n) is 3.09. The van der Waals surface area contributed by atoms with Crippen LogP contribution in [0, 0.1) is 6.92 Å². The van der Waals surface area contributed by atoms with Crippen molar-refractivity contribution < 1.29 is 0 Å². The summed E-state index contributed by atoms with van der Waals surface area (Å²) in [5.74, 6) is 0. The van der Waals surface area contributed by atoms with E-state index in [2.05, 4.69) is 30.9 Å². The minimum atomic E-state index is 0.667. The molecule has 82 valence electrons. The van der Waals surface area contributed by atoms with Crippen LogP contribution in [0.5, 0.6) is 0 Å². The predicted octanol–water partition coefficient (Wildman–Crippen LogP) is 2.68. The van der Waals surface area contributed by atoms with Crippen LogP contribution in [0.3, 0.4) is 0 Å². The van der Waals surface area contributed by atoms with Crippen molar-refractivity contribution in [2.45, 2.75) is 17.1 Å². The lowest BCUT2D eigenvalue weighted by atomic mass is 10.3. The molecule has 0 unspecified atom stereocenters. The number of anilines is 1. The van der Waals surface area contributed by atoms with Crippen LogP contribution in [0.4, 0.5) is 5.69 Å². The molecule has 0 aliphatic carbocycles. The third-order valence-corrected chi connectivity index (χ3v) is 4.13. The van der Waals surface area contributed by atoms with Crippen LogP contribution >= 0.6 is 27.7 Å². The summed E-state index contributed by atoms with van der Waals surface area (Å²) in [4.78, 5) is 12.5. The van der Waals surface area contributed by atoms with Gasteiger partial charge in [-0.3, -0.25) is 0 Å². The van der Waals surface area contributed by atoms with Crippen LogP contribution in [0.1, 0.15) is 5.56 Å². The molecule has 2 heterocycles. The maximum Gasteiger partial charge on any atom is 0.193 e. The zero-order valence-corrected chi connectivity index (χ0v) is 10.9. The minimum absolute atomic E-state index is 0.667. The van der Waals surface area contributed by atoms with E-state index >= 15 is 0 Å². The van der Waals surface area contributed by atoms with Crippen molar-refractivity contribution in [1.82, 2.24) is 15.0 Å². The van der Waals surface area contributed by atoms with Crippen molar-refractivity contribution in [2.24, 2.45) is 0 Å². The molecule has 2 rings (SSSR count). The predicted molar refractivity (Wildman–Crippen MR) is 67.2 cm³/mol. The summed E-state index contributed by atoms with van der Waals surface area (Å²) in [6.07, 6.45) is 5.05. The number of pyridine rings is 1. The molecule has 0 aromatic carbocycles. The van der Waals surface area contributed by atoms with Crippen LogP contribution in [-0.2, 0) is 0 Å². The molecule has 16 heavy (non-hydrogen) atoms. The summed E-state index contributed by atoms with van der Waals surface area (Å²) in [5.41, 5.74) is 7.40. The number of rotatable bonds is 2. The van der Waals surface area contributed by atoms with E-state index in [1.54, 1.807) is 24.7 Å². The lowest BCUT2D eigenvalue weighted by molar-refractivity contribution is 0.957. The van der Waals surface area contributed by atoms with Gasteiger partial charge in [-0.15, -0.1) is 0 Å². The molecule has 0 bridgehead atoms. The van der Waals surface area contributed by atoms with Crippen molar-refractivity contribution >= 4 is 33.4 Å². The summed E-state index contributed by atoms with van der Waals surface area (Å²) in [6, 6.07) is 1.78. The number of nitrogens with two attached hydrogens (primary N) is 1. The van der Waals surface area contributed by atoms with Gasteiger partial charge in [0.2, 0.25) is 0 Å². The average Bonchev–Trinajstić information content (AvgIpc) is 2.31. The van der Waals surface area contributed by atoms with Crippen LogP contribution in [-0.4, -0.2) is 15.0 Å². The van der Waals surface area contributed by atoms with Gasteiger partial charge in [-0.25, -0.2) is 15.0 Å². The smallest absolute Gasteiger partial charge is 0.193 e. The Morgan fingerprint density at radius 3 is 2.62 bits per heavy atom. The SMILES string of the molecule is Cc1c(N)cnc(Sc2ncccn2)c1Br. The summed E-state index contributed by atoms with van der Waals surface area (Å²) >= 11 is 4.87. The zero-order chi connectivity index (χ0) is 11.5. The fourth-order valence-electron chi connectivity index (χ4n) is 1.06. The molecule has 0 fully saturated rings. The quantitative estimate of drug-likeness (QED) is 0.863. The summed E-state index contributed by atoms with van der Waals surface area (Å²) in [6.45, 7) is 1.94. The third kappa shape index (κ3) is 2.33. The molecule has 0 saturated heterocycles. The Labute approximate surface area is 106 Å². The molecule has 2 aromatic rings. The van der Waals surface area contributed by atoms with E-state index in [9.17, 15) is 0 Å². The molecule has 6 heteroatoms. The van der Waals surface area contributed by atoms with Gasteiger partial charge in [0.1, 0.15) is 5.03 Å². The highest BCUT2D eigenvalue weighted by atomic mass is 79.9. The van der Waals surface area contributed by atoms with Gasteiger partial charge < -0.3 is 5.73 Å². The fraction of sp³-hybridized carbons (Fsp3) is 0.100. The summed E-state index contributed by atoms with van der Waals surface area (Å²) in [7, 11) is 0. The Morgan fingerprint density at radius 2 is 1.94 bits per heavy atom. The topological polar surface area (TPSA) is 64.7 Å². The molecule has 0 spiro atoms. The maximum atomic E-state index is 5.75.